The zero-order chi connectivity index (χ0) is 18.1. The van der Waals surface area contributed by atoms with Gasteiger partial charge in [-0.3, -0.25) is 4.79 Å². The Hall–Kier alpha value is -2.53. The molecule has 1 amide bonds. The Labute approximate surface area is 146 Å². The van der Waals surface area contributed by atoms with E-state index in [4.69, 9.17) is 4.74 Å². The van der Waals surface area contributed by atoms with Crippen molar-refractivity contribution in [2.75, 3.05) is 26.8 Å². The number of carbonyl (C=O) groups excluding carboxylic acids is 1. The number of alkyl halides is 2. The molecule has 0 N–H and O–H groups in total. The second-order valence-corrected chi connectivity index (χ2v) is 5.49. The van der Waals surface area contributed by atoms with Crippen LogP contribution in [-0.2, 0) is 9.53 Å². The van der Waals surface area contributed by atoms with Crippen LogP contribution in [0.25, 0.3) is 17.2 Å². The Morgan fingerprint density at radius 1 is 1.12 bits per heavy atom. The molecule has 0 unspecified atom stereocenters. The van der Waals surface area contributed by atoms with E-state index in [9.17, 15) is 13.6 Å². The van der Waals surface area contributed by atoms with Crippen molar-refractivity contribution in [1.82, 2.24) is 4.90 Å². The number of nitrogens with zero attached hydrogens (tertiary/aromatic N) is 1. The number of carbonyl (C=O) groups is 1. The molecule has 0 atom stereocenters. The summed E-state index contributed by atoms with van der Waals surface area (Å²) in [4.78, 5) is 13.3. The van der Waals surface area contributed by atoms with Crippen molar-refractivity contribution in [2.45, 2.75) is 6.43 Å². The van der Waals surface area contributed by atoms with Crippen molar-refractivity contribution >= 4 is 12.0 Å². The van der Waals surface area contributed by atoms with Crippen LogP contribution >= 0.6 is 0 Å². The summed E-state index contributed by atoms with van der Waals surface area (Å²) in [5, 5.41) is 0. The minimum Gasteiger partial charge on any atom is -0.383 e. The molecule has 0 fully saturated rings. The third-order valence-corrected chi connectivity index (χ3v) is 3.65. The van der Waals surface area contributed by atoms with Crippen LogP contribution in [0.5, 0.6) is 0 Å². The molecule has 2 aromatic carbocycles. The molecule has 0 aliphatic heterocycles. The van der Waals surface area contributed by atoms with E-state index in [2.05, 4.69) is 0 Å². The van der Waals surface area contributed by atoms with Crippen LogP contribution in [0.2, 0.25) is 0 Å². The minimum atomic E-state index is -2.57. The van der Waals surface area contributed by atoms with Gasteiger partial charge in [0, 0.05) is 19.7 Å². The average Bonchev–Trinajstić information content (AvgIpc) is 2.64. The maximum absolute atomic E-state index is 12.6. The number of methoxy groups -OCH3 is 1. The fourth-order valence-electron chi connectivity index (χ4n) is 2.38. The highest BCUT2D eigenvalue weighted by Gasteiger charge is 2.15. The molecule has 2 rings (SSSR count). The van der Waals surface area contributed by atoms with Crippen molar-refractivity contribution in [2.24, 2.45) is 0 Å². The van der Waals surface area contributed by atoms with E-state index in [1.165, 1.54) is 13.2 Å². The second-order valence-electron chi connectivity index (χ2n) is 5.49. The van der Waals surface area contributed by atoms with Gasteiger partial charge in [0.05, 0.1) is 13.2 Å². The zero-order valence-corrected chi connectivity index (χ0v) is 14.1. The summed E-state index contributed by atoms with van der Waals surface area (Å²) in [6.45, 7) is -0.250. The van der Waals surface area contributed by atoms with Crippen molar-refractivity contribution in [1.29, 1.82) is 0 Å². The molecule has 0 aliphatic carbocycles. The van der Waals surface area contributed by atoms with E-state index in [-0.39, 0.29) is 13.2 Å². The Balaban J connectivity index is 2.10. The molecule has 0 heterocycles. The second kappa shape index (κ2) is 9.69. The Bertz CT molecular complexity index is 702. The highest BCUT2D eigenvalue weighted by molar-refractivity contribution is 5.92. The number of hydrogen-bond donors (Lipinski definition) is 0. The first kappa shape index (κ1) is 18.8. The molecular formula is C20H21F2NO2. The first-order valence-electron chi connectivity index (χ1n) is 7.99. The van der Waals surface area contributed by atoms with Gasteiger partial charge in [0.15, 0.2) is 0 Å². The summed E-state index contributed by atoms with van der Waals surface area (Å²) in [7, 11) is 1.47. The van der Waals surface area contributed by atoms with E-state index < -0.39 is 18.9 Å². The quantitative estimate of drug-likeness (QED) is 0.674. The fourth-order valence-corrected chi connectivity index (χ4v) is 2.38. The van der Waals surface area contributed by atoms with Gasteiger partial charge in [0.2, 0.25) is 5.91 Å². The summed E-state index contributed by atoms with van der Waals surface area (Å²) in [5.74, 6) is -0.456. The van der Waals surface area contributed by atoms with Crippen molar-refractivity contribution in [3.63, 3.8) is 0 Å². The maximum Gasteiger partial charge on any atom is 0.255 e. The Morgan fingerprint density at radius 3 is 2.52 bits per heavy atom. The van der Waals surface area contributed by atoms with Gasteiger partial charge >= 0.3 is 0 Å². The molecule has 132 valence electrons. The van der Waals surface area contributed by atoms with Gasteiger partial charge in [-0.15, -0.1) is 0 Å². The SMILES string of the molecule is COCCN(CC(F)F)C(=O)/C=C/c1cccc(-c2ccccc2)c1. The van der Waals surface area contributed by atoms with Crippen molar-refractivity contribution < 1.29 is 18.3 Å². The summed E-state index contributed by atoms with van der Waals surface area (Å²) in [6, 6.07) is 17.6. The Morgan fingerprint density at radius 2 is 1.84 bits per heavy atom. The van der Waals surface area contributed by atoms with Gasteiger partial charge < -0.3 is 9.64 Å². The third kappa shape index (κ3) is 6.12. The number of amides is 1. The number of ether oxygens (including phenoxy) is 1. The lowest BCUT2D eigenvalue weighted by Gasteiger charge is -2.20. The van der Waals surface area contributed by atoms with E-state index in [1.807, 2.05) is 54.6 Å². The maximum atomic E-state index is 12.6. The first-order chi connectivity index (χ1) is 12.1. The average molecular weight is 345 g/mol. The highest BCUT2D eigenvalue weighted by Crippen LogP contribution is 2.20. The summed E-state index contributed by atoms with van der Waals surface area (Å²) in [6.07, 6.45) is 0.387. The van der Waals surface area contributed by atoms with Crippen LogP contribution in [0.3, 0.4) is 0 Å². The van der Waals surface area contributed by atoms with Crippen molar-refractivity contribution in [3.05, 3.63) is 66.2 Å². The summed E-state index contributed by atoms with van der Waals surface area (Å²) >= 11 is 0. The van der Waals surface area contributed by atoms with Gasteiger partial charge in [-0.2, -0.15) is 0 Å². The van der Waals surface area contributed by atoms with E-state index >= 15 is 0 Å². The number of benzene rings is 2. The first-order valence-corrected chi connectivity index (χ1v) is 7.99. The van der Waals surface area contributed by atoms with Gasteiger partial charge in [0.1, 0.15) is 0 Å². The molecular weight excluding hydrogens is 324 g/mol. The van der Waals surface area contributed by atoms with Crippen LogP contribution < -0.4 is 0 Å². The molecule has 0 aliphatic rings. The monoisotopic (exact) mass is 345 g/mol. The number of hydrogen-bond acceptors (Lipinski definition) is 2. The molecule has 0 bridgehead atoms. The van der Waals surface area contributed by atoms with Gasteiger partial charge in [0.25, 0.3) is 6.43 Å². The van der Waals surface area contributed by atoms with Crippen molar-refractivity contribution in [3.8, 4) is 11.1 Å². The molecule has 3 nitrogen and oxygen atoms in total. The minimum absolute atomic E-state index is 0.133. The predicted molar refractivity (Wildman–Crippen MR) is 95.4 cm³/mol. The molecule has 0 saturated carbocycles. The van der Waals surface area contributed by atoms with Gasteiger partial charge in [-0.25, -0.2) is 8.78 Å². The molecule has 25 heavy (non-hydrogen) atoms. The molecule has 0 radical (unpaired) electrons. The normalized spacial score (nSPS) is 11.2. The largest absolute Gasteiger partial charge is 0.383 e. The van der Waals surface area contributed by atoms with E-state index in [1.54, 1.807) is 6.08 Å². The smallest absolute Gasteiger partial charge is 0.255 e. The molecule has 0 spiro atoms. The number of rotatable bonds is 8. The molecule has 0 saturated heterocycles. The molecule has 0 aromatic heterocycles. The van der Waals surface area contributed by atoms with Crippen LogP contribution in [0.4, 0.5) is 8.78 Å². The third-order valence-electron chi connectivity index (χ3n) is 3.65. The molecule has 5 heteroatoms. The van der Waals surface area contributed by atoms with Crippen LogP contribution in [0.15, 0.2) is 60.7 Å². The lowest BCUT2D eigenvalue weighted by atomic mass is 10.0. The summed E-state index contributed by atoms with van der Waals surface area (Å²) < 4.78 is 30.1. The highest BCUT2D eigenvalue weighted by atomic mass is 19.3. The standard InChI is InChI=1S/C20H21F2NO2/c1-25-13-12-23(15-19(21)22)20(24)11-10-16-6-5-9-18(14-16)17-7-3-2-4-8-17/h2-11,14,19H,12-13,15H2,1H3/b11-10+. The van der Waals surface area contributed by atoms with E-state index in [0.29, 0.717) is 0 Å². The van der Waals surface area contributed by atoms with E-state index in [0.717, 1.165) is 21.6 Å². The van der Waals surface area contributed by atoms with Crippen LogP contribution in [0.1, 0.15) is 5.56 Å². The molecule has 2 aromatic rings. The lowest BCUT2D eigenvalue weighted by molar-refractivity contribution is -0.128. The van der Waals surface area contributed by atoms with Crippen LogP contribution in [0, 0.1) is 0 Å². The number of halogens is 2. The fraction of sp³-hybridized carbons (Fsp3) is 0.250. The predicted octanol–water partition coefficient (Wildman–Crippen LogP) is 4.11. The van der Waals surface area contributed by atoms with Crippen LogP contribution in [-0.4, -0.2) is 44.0 Å². The Kier molecular flexibility index (Phi) is 7.29. The summed E-state index contributed by atoms with van der Waals surface area (Å²) in [5.41, 5.74) is 2.93. The lowest BCUT2D eigenvalue weighted by Crippen LogP contribution is -2.36. The zero-order valence-electron chi connectivity index (χ0n) is 14.1. The topological polar surface area (TPSA) is 29.5 Å². The van der Waals surface area contributed by atoms with Gasteiger partial charge in [-0.1, -0.05) is 48.5 Å². The van der Waals surface area contributed by atoms with Gasteiger partial charge in [-0.05, 0) is 28.8 Å².